The van der Waals surface area contributed by atoms with Crippen molar-refractivity contribution in [1.82, 2.24) is 0 Å². The van der Waals surface area contributed by atoms with Crippen molar-refractivity contribution in [3.05, 3.63) is 65.7 Å². The van der Waals surface area contributed by atoms with E-state index in [9.17, 15) is 9.59 Å². The van der Waals surface area contributed by atoms with Crippen molar-refractivity contribution in [2.75, 3.05) is 0 Å². The van der Waals surface area contributed by atoms with Crippen molar-refractivity contribution in [2.45, 2.75) is 25.7 Å². The highest BCUT2D eigenvalue weighted by Crippen LogP contribution is 2.47. The van der Waals surface area contributed by atoms with E-state index in [4.69, 9.17) is 0 Å². The molecule has 0 radical (unpaired) electrons. The molecular weight excluding hydrogens is 400 g/mol. The third-order valence-electron chi connectivity index (χ3n) is 4.61. The van der Waals surface area contributed by atoms with Crippen LogP contribution in [-0.4, -0.2) is 12.6 Å². The molecule has 0 aliphatic rings. The minimum atomic E-state index is 0.164. The van der Waals surface area contributed by atoms with Gasteiger partial charge in [-0.3, -0.25) is 9.59 Å². The maximum absolute atomic E-state index is 11.9. The summed E-state index contributed by atoms with van der Waals surface area (Å²) >= 11 is 6.60. The van der Waals surface area contributed by atoms with Gasteiger partial charge in [-0.15, -0.1) is 45.3 Å². The Balaban J connectivity index is 1.88. The molecule has 0 aliphatic carbocycles. The highest BCUT2D eigenvalue weighted by atomic mass is 32.1. The molecule has 4 aromatic heterocycles. The lowest BCUT2D eigenvalue weighted by Gasteiger charge is -2.09. The van der Waals surface area contributed by atoms with Gasteiger partial charge in [-0.05, 0) is 22.9 Å². The Bertz CT molecular complexity index is 965. The zero-order chi connectivity index (χ0) is 18.3. The summed E-state index contributed by atoms with van der Waals surface area (Å²) in [5, 5.41) is 4.11. The Morgan fingerprint density at radius 1 is 0.769 bits per heavy atom. The average molecular weight is 417 g/mol. The predicted molar refractivity (Wildman–Crippen MR) is 114 cm³/mol. The molecule has 0 saturated carbocycles. The molecule has 0 aliphatic heterocycles. The number of aldehydes is 2. The van der Waals surface area contributed by atoms with Gasteiger partial charge in [0.25, 0.3) is 0 Å². The zero-order valence-corrected chi connectivity index (χ0v) is 17.5. The summed E-state index contributed by atoms with van der Waals surface area (Å²) in [4.78, 5) is 28.4. The molecule has 2 atom stereocenters. The van der Waals surface area contributed by atoms with Gasteiger partial charge in [0, 0.05) is 42.5 Å². The topological polar surface area (TPSA) is 34.1 Å². The molecule has 0 amide bonds. The summed E-state index contributed by atoms with van der Waals surface area (Å²) in [7, 11) is 0. The summed E-state index contributed by atoms with van der Waals surface area (Å²) in [5.74, 6) is 0.329. The minimum Gasteiger partial charge on any atom is -0.298 e. The van der Waals surface area contributed by atoms with Crippen LogP contribution in [-0.2, 0) is 0 Å². The van der Waals surface area contributed by atoms with E-state index in [1.165, 1.54) is 9.75 Å². The van der Waals surface area contributed by atoms with E-state index in [0.29, 0.717) is 0 Å². The van der Waals surface area contributed by atoms with Crippen LogP contribution in [0.2, 0.25) is 0 Å². The zero-order valence-electron chi connectivity index (χ0n) is 14.2. The molecular formula is C20H16O2S4. The molecule has 0 spiro atoms. The van der Waals surface area contributed by atoms with Gasteiger partial charge >= 0.3 is 0 Å². The first-order valence-corrected chi connectivity index (χ1v) is 11.6. The standard InChI is InChI=1S/C20H16O2S4/c1-11(15-5-3-7-23-15)17-13(9-21)19-20(25-17)14(10-22)18(26-19)12(2)16-6-4-8-24-16/h3-12H,1-2H3. The van der Waals surface area contributed by atoms with E-state index >= 15 is 0 Å². The number of hydrogen-bond donors (Lipinski definition) is 0. The number of hydrogen-bond acceptors (Lipinski definition) is 6. The van der Waals surface area contributed by atoms with E-state index in [1.54, 1.807) is 45.3 Å². The van der Waals surface area contributed by atoms with Crippen LogP contribution in [0, 0.1) is 0 Å². The largest absolute Gasteiger partial charge is 0.298 e. The second kappa shape index (κ2) is 7.19. The van der Waals surface area contributed by atoms with Crippen molar-refractivity contribution in [1.29, 1.82) is 0 Å². The van der Waals surface area contributed by atoms with Gasteiger partial charge < -0.3 is 0 Å². The molecule has 0 aromatic carbocycles. The van der Waals surface area contributed by atoms with Gasteiger partial charge in [-0.2, -0.15) is 0 Å². The second-order valence-electron chi connectivity index (χ2n) is 6.13. The van der Waals surface area contributed by atoms with Gasteiger partial charge in [-0.1, -0.05) is 26.0 Å². The Hall–Kier alpha value is -1.60. The highest BCUT2D eigenvalue weighted by molar-refractivity contribution is 7.29. The van der Waals surface area contributed by atoms with Crippen LogP contribution in [0.25, 0.3) is 9.40 Å². The maximum Gasteiger partial charge on any atom is 0.152 e. The third-order valence-corrected chi connectivity index (χ3v) is 9.69. The first kappa shape index (κ1) is 17.8. The molecule has 4 rings (SSSR count). The third kappa shape index (κ3) is 2.81. The average Bonchev–Trinajstić information content (AvgIpc) is 3.44. The van der Waals surface area contributed by atoms with E-state index < -0.39 is 0 Å². The second-order valence-corrected chi connectivity index (χ2v) is 10.2. The lowest BCUT2D eigenvalue weighted by molar-refractivity contribution is 0.111. The quantitative estimate of drug-likeness (QED) is 0.317. The molecule has 2 unspecified atom stereocenters. The molecule has 0 saturated heterocycles. The van der Waals surface area contributed by atoms with Crippen LogP contribution in [0.5, 0.6) is 0 Å². The van der Waals surface area contributed by atoms with E-state index in [1.807, 2.05) is 12.1 Å². The summed E-state index contributed by atoms with van der Waals surface area (Å²) in [6, 6.07) is 8.26. The van der Waals surface area contributed by atoms with Gasteiger partial charge in [-0.25, -0.2) is 0 Å². The Labute approximate surface area is 167 Å². The molecule has 0 bridgehead atoms. The number of rotatable bonds is 6. The van der Waals surface area contributed by atoms with Crippen LogP contribution in [0.3, 0.4) is 0 Å². The monoisotopic (exact) mass is 416 g/mol. The van der Waals surface area contributed by atoms with Crippen molar-refractivity contribution in [3.8, 4) is 0 Å². The molecule has 2 nitrogen and oxygen atoms in total. The van der Waals surface area contributed by atoms with E-state index in [-0.39, 0.29) is 11.8 Å². The van der Waals surface area contributed by atoms with E-state index in [0.717, 1.165) is 42.9 Å². The van der Waals surface area contributed by atoms with E-state index in [2.05, 4.69) is 36.7 Å². The molecule has 4 aromatic rings. The summed E-state index contributed by atoms with van der Waals surface area (Å²) in [5.41, 5.74) is 1.51. The lowest BCUT2D eigenvalue weighted by atomic mass is 10.0. The van der Waals surface area contributed by atoms with Crippen LogP contribution in [0.1, 0.15) is 65.9 Å². The summed E-state index contributed by atoms with van der Waals surface area (Å²) in [6.07, 6.45) is 1.92. The lowest BCUT2D eigenvalue weighted by Crippen LogP contribution is -1.95. The number of carbonyl (C=O) groups excluding carboxylic acids is 2. The van der Waals surface area contributed by atoms with Crippen molar-refractivity contribution in [3.63, 3.8) is 0 Å². The fourth-order valence-electron chi connectivity index (χ4n) is 3.20. The smallest absolute Gasteiger partial charge is 0.152 e. The predicted octanol–water partition coefficient (Wildman–Crippen LogP) is 7.01. The van der Waals surface area contributed by atoms with Crippen molar-refractivity contribution < 1.29 is 9.59 Å². The first-order valence-electron chi connectivity index (χ1n) is 8.21. The summed E-state index contributed by atoms with van der Waals surface area (Å²) in [6.45, 7) is 4.26. The van der Waals surface area contributed by atoms with Gasteiger partial charge in [0.1, 0.15) is 0 Å². The Kier molecular flexibility index (Phi) is 4.92. The van der Waals surface area contributed by atoms with Crippen LogP contribution < -0.4 is 0 Å². The SMILES string of the molecule is CC(c1cccs1)c1sc2c(C=O)c(C(C)c3cccs3)sc2c1C=O. The van der Waals surface area contributed by atoms with Crippen LogP contribution >= 0.6 is 45.3 Å². The molecule has 4 heterocycles. The van der Waals surface area contributed by atoms with Crippen molar-refractivity contribution in [2.24, 2.45) is 0 Å². The molecule has 26 heavy (non-hydrogen) atoms. The van der Waals surface area contributed by atoms with Gasteiger partial charge in [0.15, 0.2) is 12.6 Å². The first-order chi connectivity index (χ1) is 12.7. The number of thiophene rings is 4. The van der Waals surface area contributed by atoms with Gasteiger partial charge in [0.05, 0.1) is 9.40 Å². The van der Waals surface area contributed by atoms with Crippen LogP contribution in [0.15, 0.2) is 35.0 Å². The van der Waals surface area contributed by atoms with Crippen molar-refractivity contribution >= 4 is 67.3 Å². The highest BCUT2D eigenvalue weighted by Gasteiger charge is 2.26. The summed E-state index contributed by atoms with van der Waals surface area (Å²) < 4.78 is 1.92. The Morgan fingerprint density at radius 3 is 1.50 bits per heavy atom. The maximum atomic E-state index is 11.9. The molecule has 132 valence electrons. The van der Waals surface area contributed by atoms with Crippen LogP contribution in [0.4, 0.5) is 0 Å². The number of carbonyl (C=O) groups is 2. The minimum absolute atomic E-state index is 0.164. The Morgan fingerprint density at radius 2 is 1.19 bits per heavy atom. The fraction of sp³-hybridized carbons (Fsp3) is 0.200. The van der Waals surface area contributed by atoms with Gasteiger partial charge in [0.2, 0.25) is 0 Å². The fourth-order valence-corrected chi connectivity index (χ4v) is 7.83. The number of fused-ring (bicyclic) bond motifs is 1. The molecule has 6 heteroatoms. The normalized spacial score (nSPS) is 13.8. The molecule has 0 N–H and O–H groups in total. The molecule has 0 fully saturated rings.